The van der Waals surface area contributed by atoms with Crippen molar-refractivity contribution >= 4 is 17.9 Å². The molecule has 2 rings (SSSR count). The number of ether oxygens (including phenoxy) is 1. The smallest absolute Gasteiger partial charge is 0.222 e. The monoisotopic (exact) mass is 248 g/mol. The van der Waals surface area contributed by atoms with Gasteiger partial charge in [-0.25, -0.2) is 9.97 Å². The summed E-state index contributed by atoms with van der Waals surface area (Å²) in [5.74, 6) is 0.531. The maximum Gasteiger partial charge on any atom is 0.222 e. The van der Waals surface area contributed by atoms with Crippen LogP contribution in [0.4, 0.5) is 0 Å². The molecule has 0 aliphatic heterocycles. The third-order valence-corrected chi connectivity index (χ3v) is 2.46. The van der Waals surface area contributed by atoms with Gasteiger partial charge in [-0.3, -0.25) is 4.79 Å². The van der Waals surface area contributed by atoms with Crippen molar-refractivity contribution in [2.45, 2.75) is 0 Å². The zero-order valence-electron chi connectivity index (χ0n) is 9.05. The Morgan fingerprint density at radius 2 is 2.18 bits per heavy atom. The van der Waals surface area contributed by atoms with Crippen LogP contribution in [0.5, 0.6) is 5.75 Å². The quantitative estimate of drug-likeness (QED) is 0.619. The number of aldehydes is 1. The fourth-order valence-electron chi connectivity index (χ4n) is 1.48. The average molecular weight is 249 g/mol. The molecule has 0 saturated carbocycles. The fraction of sp³-hybridized carbons (Fsp3) is 0.0833. The molecule has 86 valence electrons. The van der Waals surface area contributed by atoms with E-state index in [0.29, 0.717) is 17.0 Å². The molecule has 1 heterocycles. The molecule has 0 saturated heterocycles. The van der Waals surface area contributed by atoms with Gasteiger partial charge in [0.1, 0.15) is 5.75 Å². The van der Waals surface area contributed by atoms with Gasteiger partial charge in [-0.1, -0.05) is 0 Å². The van der Waals surface area contributed by atoms with Gasteiger partial charge >= 0.3 is 0 Å². The predicted molar refractivity (Wildman–Crippen MR) is 64.4 cm³/mol. The molecule has 2 aromatic rings. The molecule has 1 aromatic carbocycles. The molecule has 5 heteroatoms. The summed E-state index contributed by atoms with van der Waals surface area (Å²) in [6, 6.07) is 6.95. The fourth-order valence-corrected chi connectivity index (χ4v) is 1.63. The van der Waals surface area contributed by atoms with Crippen molar-refractivity contribution in [3.8, 4) is 17.0 Å². The van der Waals surface area contributed by atoms with Gasteiger partial charge in [-0.15, -0.1) is 0 Å². The largest absolute Gasteiger partial charge is 0.496 e. The Bertz CT molecular complexity index is 558. The lowest BCUT2D eigenvalue weighted by Gasteiger charge is -2.06. The summed E-state index contributed by atoms with van der Waals surface area (Å²) in [6.07, 6.45) is 2.31. The molecule has 0 radical (unpaired) electrons. The van der Waals surface area contributed by atoms with Gasteiger partial charge in [0.05, 0.1) is 18.4 Å². The van der Waals surface area contributed by atoms with Crippen molar-refractivity contribution in [1.29, 1.82) is 0 Å². The summed E-state index contributed by atoms with van der Waals surface area (Å²) in [4.78, 5) is 18.8. The molecule has 1 aromatic heterocycles. The highest BCUT2D eigenvalue weighted by atomic mass is 35.5. The minimum absolute atomic E-state index is 0.172. The van der Waals surface area contributed by atoms with E-state index in [1.807, 2.05) is 6.07 Å². The summed E-state index contributed by atoms with van der Waals surface area (Å²) in [5, 5.41) is 0.172. The Morgan fingerprint density at radius 1 is 1.35 bits per heavy atom. The van der Waals surface area contributed by atoms with Crippen LogP contribution in [-0.4, -0.2) is 23.4 Å². The molecular formula is C12H9ClN2O2. The molecule has 0 aliphatic carbocycles. The molecule has 0 N–H and O–H groups in total. The summed E-state index contributed by atoms with van der Waals surface area (Å²) < 4.78 is 5.06. The van der Waals surface area contributed by atoms with Gasteiger partial charge in [-0.2, -0.15) is 0 Å². The number of carbonyl (C=O) groups is 1. The van der Waals surface area contributed by atoms with Crippen molar-refractivity contribution in [3.63, 3.8) is 0 Å². The van der Waals surface area contributed by atoms with E-state index in [1.54, 1.807) is 24.4 Å². The molecule has 0 amide bonds. The van der Waals surface area contributed by atoms with Gasteiger partial charge in [-0.05, 0) is 35.9 Å². The standard InChI is InChI=1S/C12H9ClN2O2/c1-17-11-3-2-8(6-9(11)7-16)10-4-5-14-12(13)15-10/h2-7H,1H3. The number of hydrogen-bond acceptors (Lipinski definition) is 4. The Kier molecular flexibility index (Phi) is 3.35. The van der Waals surface area contributed by atoms with Crippen LogP contribution in [-0.2, 0) is 0 Å². The highest BCUT2D eigenvalue weighted by Crippen LogP contribution is 2.24. The van der Waals surface area contributed by atoms with Gasteiger partial charge in [0.25, 0.3) is 0 Å². The van der Waals surface area contributed by atoms with Crippen molar-refractivity contribution in [2.75, 3.05) is 7.11 Å². The first-order valence-electron chi connectivity index (χ1n) is 4.86. The van der Waals surface area contributed by atoms with Crippen LogP contribution < -0.4 is 4.74 Å². The Hall–Kier alpha value is -1.94. The van der Waals surface area contributed by atoms with Crippen LogP contribution in [0.25, 0.3) is 11.3 Å². The zero-order chi connectivity index (χ0) is 12.3. The van der Waals surface area contributed by atoms with Crippen LogP contribution in [0.1, 0.15) is 10.4 Å². The van der Waals surface area contributed by atoms with Crippen molar-refractivity contribution in [3.05, 3.63) is 41.3 Å². The van der Waals surface area contributed by atoms with E-state index in [4.69, 9.17) is 16.3 Å². The number of carbonyl (C=O) groups excluding carboxylic acids is 1. The van der Waals surface area contributed by atoms with Gasteiger partial charge < -0.3 is 4.74 Å². The maximum absolute atomic E-state index is 10.9. The van der Waals surface area contributed by atoms with E-state index < -0.39 is 0 Å². The van der Waals surface area contributed by atoms with E-state index in [0.717, 1.165) is 11.8 Å². The second-order valence-electron chi connectivity index (χ2n) is 3.29. The SMILES string of the molecule is COc1ccc(-c2ccnc(Cl)n2)cc1C=O. The normalized spacial score (nSPS) is 10.0. The van der Waals surface area contributed by atoms with E-state index >= 15 is 0 Å². The molecule has 0 aliphatic rings. The van der Waals surface area contributed by atoms with Crippen LogP contribution in [0.2, 0.25) is 5.28 Å². The van der Waals surface area contributed by atoms with E-state index in [2.05, 4.69) is 9.97 Å². The first kappa shape index (κ1) is 11.5. The summed E-state index contributed by atoms with van der Waals surface area (Å²) in [7, 11) is 1.52. The first-order valence-corrected chi connectivity index (χ1v) is 5.24. The van der Waals surface area contributed by atoms with Gasteiger partial charge in [0.15, 0.2) is 6.29 Å². The van der Waals surface area contributed by atoms with E-state index in [9.17, 15) is 4.79 Å². The van der Waals surface area contributed by atoms with Crippen molar-refractivity contribution in [2.24, 2.45) is 0 Å². The Morgan fingerprint density at radius 3 is 2.82 bits per heavy atom. The lowest BCUT2D eigenvalue weighted by atomic mass is 10.1. The minimum atomic E-state index is 0.172. The van der Waals surface area contributed by atoms with E-state index in [-0.39, 0.29) is 5.28 Å². The van der Waals surface area contributed by atoms with Crippen LogP contribution in [0.3, 0.4) is 0 Å². The van der Waals surface area contributed by atoms with Gasteiger partial charge in [0.2, 0.25) is 5.28 Å². The zero-order valence-corrected chi connectivity index (χ0v) is 9.81. The number of methoxy groups -OCH3 is 1. The third kappa shape index (κ3) is 2.42. The molecule has 4 nitrogen and oxygen atoms in total. The summed E-state index contributed by atoms with van der Waals surface area (Å²) >= 11 is 5.71. The number of halogens is 1. The third-order valence-electron chi connectivity index (χ3n) is 2.28. The number of nitrogens with zero attached hydrogens (tertiary/aromatic N) is 2. The number of rotatable bonds is 3. The molecular weight excluding hydrogens is 240 g/mol. The average Bonchev–Trinajstić information content (AvgIpc) is 2.38. The lowest BCUT2D eigenvalue weighted by Crippen LogP contribution is -1.92. The van der Waals surface area contributed by atoms with E-state index in [1.165, 1.54) is 7.11 Å². The van der Waals surface area contributed by atoms with Crippen molar-refractivity contribution in [1.82, 2.24) is 9.97 Å². The van der Waals surface area contributed by atoms with Crippen LogP contribution >= 0.6 is 11.6 Å². The summed E-state index contributed by atoms with van der Waals surface area (Å²) in [5.41, 5.74) is 1.92. The number of benzene rings is 1. The number of aromatic nitrogens is 2. The molecule has 0 unspecified atom stereocenters. The molecule has 0 bridgehead atoms. The Balaban J connectivity index is 2.50. The second kappa shape index (κ2) is 4.93. The topological polar surface area (TPSA) is 52.1 Å². The lowest BCUT2D eigenvalue weighted by molar-refractivity contribution is 0.112. The molecule has 0 atom stereocenters. The Labute approximate surface area is 103 Å². The first-order chi connectivity index (χ1) is 8.24. The maximum atomic E-state index is 10.9. The highest BCUT2D eigenvalue weighted by Gasteiger charge is 2.06. The predicted octanol–water partition coefficient (Wildman–Crippen LogP) is 2.62. The molecule has 0 fully saturated rings. The summed E-state index contributed by atoms with van der Waals surface area (Å²) in [6.45, 7) is 0. The van der Waals surface area contributed by atoms with Crippen LogP contribution in [0, 0.1) is 0 Å². The van der Waals surface area contributed by atoms with Crippen LogP contribution in [0.15, 0.2) is 30.5 Å². The highest BCUT2D eigenvalue weighted by molar-refractivity contribution is 6.28. The second-order valence-corrected chi connectivity index (χ2v) is 3.62. The molecule has 0 spiro atoms. The van der Waals surface area contributed by atoms with Crippen molar-refractivity contribution < 1.29 is 9.53 Å². The molecule has 17 heavy (non-hydrogen) atoms. The van der Waals surface area contributed by atoms with Gasteiger partial charge in [0, 0.05) is 11.8 Å². The number of hydrogen-bond donors (Lipinski definition) is 0. The minimum Gasteiger partial charge on any atom is -0.496 e.